The predicted octanol–water partition coefficient (Wildman–Crippen LogP) is 2.97. The van der Waals surface area contributed by atoms with Crippen molar-refractivity contribution in [1.82, 2.24) is 9.88 Å². The van der Waals surface area contributed by atoms with Crippen molar-refractivity contribution >= 4 is 11.9 Å². The first-order chi connectivity index (χ1) is 15.8. The van der Waals surface area contributed by atoms with E-state index in [0.717, 1.165) is 38.8 Å². The molecular formula is C20H24F6N2O6. The van der Waals surface area contributed by atoms with Gasteiger partial charge in [-0.3, -0.25) is 9.88 Å². The molecule has 0 spiro atoms. The molecule has 192 valence electrons. The molecular weight excluding hydrogens is 478 g/mol. The fraction of sp³-hybridized carbons (Fsp3) is 0.650. The molecule has 1 aliphatic carbocycles. The van der Waals surface area contributed by atoms with Crippen molar-refractivity contribution in [2.75, 3.05) is 26.4 Å². The third-order valence-corrected chi connectivity index (χ3v) is 5.32. The van der Waals surface area contributed by atoms with E-state index in [9.17, 15) is 26.3 Å². The maximum atomic E-state index is 10.6. The lowest BCUT2D eigenvalue weighted by atomic mass is 10.0. The van der Waals surface area contributed by atoms with Gasteiger partial charge in [0.2, 0.25) is 0 Å². The van der Waals surface area contributed by atoms with E-state index in [-0.39, 0.29) is 0 Å². The van der Waals surface area contributed by atoms with Gasteiger partial charge >= 0.3 is 24.3 Å². The van der Waals surface area contributed by atoms with Crippen molar-refractivity contribution in [2.45, 2.75) is 43.9 Å². The van der Waals surface area contributed by atoms with E-state index in [1.165, 1.54) is 18.4 Å². The molecule has 0 radical (unpaired) electrons. The zero-order valence-corrected chi connectivity index (χ0v) is 17.8. The summed E-state index contributed by atoms with van der Waals surface area (Å²) < 4.78 is 75.3. The minimum atomic E-state index is -5.08. The minimum absolute atomic E-state index is 0.366. The highest BCUT2D eigenvalue weighted by molar-refractivity contribution is 5.73. The van der Waals surface area contributed by atoms with Gasteiger partial charge in [-0.15, -0.1) is 0 Å². The molecule has 2 aliphatic heterocycles. The average Bonchev–Trinajstić information content (AvgIpc) is 3.33. The molecule has 8 nitrogen and oxygen atoms in total. The van der Waals surface area contributed by atoms with Crippen LogP contribution in [0.25, 0.3) is 0 Å². The quantitative estimate of drug-likeness (QED) is 0.592. The number of carboxylic acid groups (broad SMARTS) is 2. The number of carboxylic acids is 2. The van der Waals surface area contributed by atoms with Crippen LogP contribution in [0.15, 0.2) is 24.5 Å². The molecule has 0 amide bonds. The fourth-order valence-electron chi connectivity index (χ4n) is 3.42. The molecule has 1 aromatic heterocycles. The summed E-state index contributed by atoms with van der Waals surface area (Å²) in [5.41, 5.74) is 1.33. The number of likely N-dealkylation sites (tertiary alicyclic amines) is 1. The van der Waals surface area contributed by atoms with Gasteiger partial charge in [-0.25, -0.2) is 9.59 Å². The highest BCUT2D eigenvalue weighted by Crippen LogP contribution is 2.35. The van der Waals surface area contributed by atoms with E-state index < -0.39 is 24.3 Å². The summed E-state index contributed by atoms with van der Waals surface area (Å²) in [6.07, 6.45) is -3.34. The van der Waals surface area contributed by atoms with E-state index >= 15 is 0 Å². The van der Waals surface area contributed by atoms with E-state index in [0.29, 0.717) is 18.1 Å². The van der Waals surface area contributed by atoms with Crippen molar-refractivity contribution in [3.63, 3.8) is 0 Å². The number of pyridine rings is 1. The smallest absolute Gasteiger partial charge is 0.475 e. The Hall–Kier alpha value is -2.45. The van der Waals surface area contributed by atoms with Crippen LogP contribution in [0.2, 0.25) is 0 Å². The number of aliphatic carboxylic acids is 2. The van der Waals surface area contributed by atoms with Crippen molar-refractivity contribution in [3.05, 3.63) is 30.1 Å². The molecule has 1 aromatic rings. The molecule has 0 aromatic carbocycles. The van der Waals surface area contributed by atoms with Crippen LogP contribution >= 0.6 is 0 Å². The number of fused-ring (bicyclic) bond motifs is 1. The lowest BCUT2D eigenvalue weighted by Gasteiger charge is -2.21. The summed E-state index contributed by atoms with van der Waals surface area (Å²) in [5.74, 6) is -4.11. The summed E-state index contributed by atoms with van der Waals surface area (Å²) in [6, 6.07) is 4.74. The third-order valence-electron chi connectivity index (χ3n) is 5.32. The van der Waals surface area contributed by atoms with Crippen LogP contribution in [0, 0.1) is 11.8 Å². The molecule has 2 N–H and O–H groups in total. The molecule has 3 aliphatic rings. The van der Waals surface area contributed by atoms with Gasteiger partial charge in [0.1, 0.15) is 0 Å². The van der Waals surface area contributed by atoms with Crippen molar-refractivity contribution < 1.29 is 55.6 Å². The zero-order chi connectivity index (χ0) is 25.5. The number of hydrogen-bond donors (Lipinski definition) is 2. The summed E-state index contributed by atoms with van der Waals surface area (Å²) in [5, 5.41) is 14.2. The number of alkyl halides is 6. The Morgan fingerprint density at radius 2 is 1.56 bits per heavy atom. The van der Waals surface area contributed by atoms with Gasteiger partial charge in [-0.05, 0) is 36.5 Å². The van der Waals surface area contributed by atoms with Gasteiger partial charge in [-0.1, -0.05) is 0 Å². The van der Waals surface area contributed by atoms with Crippen LogP contribution in [0.4, 0.5) is 26.3 Å². The van der Waals surface area contributed by atoms with Crippen molar-refractivity contribution in [2.24, 2.45) is 11.8 Å². The van der Waals surface area contributed by atoms with Gasteiger partial charge < -0.3 is 19.7 Å². The molecule has 4 rings (SSSR count). The zero-order valence-electron chi connectivity index (χ0n) is 17.8. The number of nitrogens with zero attached hydrogens (tertiary/aromatic N) is 2. The summed E-state index contributed by atoms with van der Waals surface area (Å²) >= 11 is 0. The largest absolute Gasteiger partial charge is 0.490 e. The Labute approximate surface area is 190 Å². The standard InChI is InChI=1S/C16H22N2O2.2C2HF3O2/c1-2-13(1)9-20-16-8-18(15-11-19-10-14(15)16)7-12-3-5-17-6-4-12;2*3-2(4,5)1(6)7/h3-6,13-16H,1-2,7-11H2;2*(H,6,7)/t14-,15+,16-;;/m0../s1. The number of carbonyl (C=O) groups is 2. The summed E-state index contributed by atoms with van der Waals surface area (Å²) in [4.78, 5) is 24.4. The Bertz CT molecular complexity index is 779. The molecule has 14 heteroatoms. The lowest BCUT2D eigenvalue weighted by molar-refractivity contribution is -0.193. The second-order valence-electron chi connectivity index (χ2n) is 7.97. The maximum Gasteiger partial charge on any atom is 0.490 e. The topological polar surface area (TPSA) is 109 Å². The second kappa shape index (κ2) is 11.8. The molecule has 34 heavy (non-hydrogen) atoms. The Kier molecular flexibility index (Phi) is 9.64. The van der Waals surface area contributed by atoms with Crippen LogP contribution in [-0.4, -0.2) is 82.9 Å². The Balaban J connectivity index is 0.000000244. The maximum absolute atomic E-state index is 10.6. The molecule has 3 fully saturated rings. The van der Waals surface area contributed by atoms with E-state index in [2.05, 4.69) is 22.0 Å². The van der Waals surface area contributed by atoms with Gasteiger partial charge in [-0.2, -0.15) is 26.3 Å². The monoisotopic (exact) mass is 502 g/mol. The molecule has 2 saturated heterocycles. The minimum Gasteiger partial charge on any atom is -0.475 e. The first kappa shape index (κ1) is 27.8. The van der Waals surface area contributed by atoms with Crippen LogP contribution < -0.4 is 0 Å². The number of ether oxygens (including phenoxy) is 2. The third kappa shape index (κ3) is 9.06. The normalized spacial score (nSPS) is 24.4. The van der Waals surface area contributed by atoms with Crippen molar-refractivity contribution in [1.29, 1.82) is 0 Å². The number of hydrogen-bond acceptors (Lipinski definition) is 6. The van der Waals surface area contributed by atoms with E-state index in [4.69, 9.17) is 29.3 Å². The lowest BCUT2D eigenvalue weighted by Crippen LogP contribution is -2.32. The fourth-order valence-corrected chi connectivity index (χ4v) is 3.42. The first-order valence-corrected chi connectivity index (χ1v) is 10.2. The van der Waals surface area contributed by atoms with Gasteiger partial charge in [0.25, 0.3) is 0 Å². The van der Waals surface area contributed by atoms with Crippen LogP contribution in [0.3, 0.4) is 0 Å². The van der Waals surface area contributed by atoms with E-state index in [1.54, 1.807) is 0 Å². The summed E-state index contributed by atoms with van der Waals surface area (Å²) in [7, 11) is 0. The highest BCUT2D eigenvalue weighted by Gasteiger charge is 2.46. The first-order valence-electron chi connectivity index (χ1n) is 10.2. The highest BCUT2D eigenvalue weighted by atomic mass is 19.4. The number of aromatic nitrogens is 1. The molecule has 0 unspecified atom stereocenters. The molecule has 3 heterocycles. The Morgan fingerprint density at radius 1 is 1.03 bits per heavy atom. The molecule has 0 bridgehead atoms. The average molecular weight is 502 g/mol. The predicted molar refractivity (Wildman–Crippen MR) is 103 cm³/mol. The number of halogens is 6. The number of rotatable bonds is 5. The second-order valence-corrected chi connectivity index (χ2v) is 7.97. The van der Waals surface area contributed by atoms with Crippen LogP contribution in [0.5, 0.6) is 0 Å². The van der Waals surface area contributed by atoms with Gasteiger partial charge in [0, 0.05) is 44.0 Å². The van der Waals surface area contributed by atoms with Crippen molar-refractivity contribution in [3.8, 4) is 0 Å². The van der Waals surface area contributed by atoms with Gasteiger partial charge in [0.05, 0.1) is 19.3 Å². The Morgan fingerprint density at radius 3 is 2.03 bits per heavy atom. The van der Waals surface area contributed by atoms with Gasteiger partial charge in [0.15, 0.2) is 0 Å². The van der Waals surface area contributed by atoms with Crippen LogP contribution in [0.1, 0.15) is 18.4 Å². The molecule has 1 saturated carbocycles. The van der Waals surface area contributed by atoms with E-state index in [1.807, 2.05) is 12.4 Å². The molecule has 3 atom stereocenters. The SMILES string of the molecule is O=C(O)C(F)(F)F.O=C(O)C(F)(F)F.c1cc(CN2C[C@H](OCC3CC3)[C@H]3COC[C@H]32)ccn1. The van der Waals surface area contributed by atoms with Crippen LogP contribution in [-0.2, 0) is 25.6 Å². The summed E-state index contributed by atoms with van der Waals surface area (Å²) in [6.45, 7) is 4.72.